The first-order valence-corrected chi connectivity index (χ1v) is 8.44. The van der Waals surface area contributed by atoms with E-state index in [4.69, 9.17) is 18.0 Å². The fraction of sp³-hybridized carbons (Fsp3) is 0.647. The molecule has 1 aliphatic carbocycles. The SMILES string of the molecule is CC1=C(C=CC(=O)N2CCN(C(N)=S)CC2)C(C)(C)CCC1. The lowest BCUT2D eigenvalue weighted by atomic mass is 9.72. The quantitative estimate of drug-likeness (QED) is 0.627. The molecule has 1 aliphatic heterocycles. The number of nitrogens with zero attached hydrogens (tertiary/aromatic N) is 2. The van der Waals surface area contributed by atoms with Crippen LogP contribution in [0.5, 0.6) is 0 Å². The Morgan fingerprint density at radius 3 is 2.36 bits per heavy atom. The van der Waals surface area contributed by atoms with Crippen molar-refractivity contribution in [1.82, 2.24) is 9.80 Å². The van der Waals surface area contributed by atoms with E-state index in [1.54, 1.807) is 6.08 Å². The number of rotatable bonds is 2. The third-order valence-electron chi connectivity index (χ3n) is 4.84. The van der Waals surface area contributed by atoms with E-state index in [2.05, 4.69) is 20.8 Å². The lowest BCUT2D eigenvalue weighted by Crippen LogP contribution is -2.51. The second kappa shape index (κ2) is 6.82. The van der Waals surface area contributed by atoms with E-state index in [0.717, 1.165) is 19.5 Å². The average Bonchev–Trinajstić information content (AvgIpc) is 2.46. The maximum Gasteiger partial charge on any atom is 0.246 e. The van der Waals surface area contributed by atoms with Gasteiger partial charge in [0.2, 0.25) is 5.91 Å². The molecule has 0 spiro atoms. The minimum absolute atomic E-state index is 0.0873. The molecule has 0 aromatic carbocycles. The minimum Gasteiger partial charge on any atom is -0.376 e. The summed E-state index contributed by atoms with van der Waals surface area (Å²) in [5.74, 6) is 0.0873. The molecule has 2 N–H and O–H groups in total. The number of amides is 1. The predicted molar refractivity (Wildman–Crippen MR) is 94.4 cm³/mol. The number of hydrogen-bond donors (Lipinski definition) is 1. The van der Waals surface area contributed by atoms with Gasteiger partial charge < -0.3 is 15.5 Å². The van der Waals surface area contributed by atoms with Gasteiger partial charge in [0, 0.05) is 32.3 Å². The predicted octanol–water partition coefficient (Wildman–Crippen LogP) is 2.46. The molecule has 2 rings (SSSR count). The van der Waals surface area contributed by atoms with Crippen LogP contribution in [0.4, 0.5) is 0 Å². The van der Waals surface area contributed by atoms with Crippen molar-refractivity contribution in [2.75, 3.05) is 26.2 Å². The highest BCUT2D eigenvalue weighted by atomic mass is 32.1. The number of carbonyl (C=O) groups excluding carboxylic acids is 1. The van der Waals surface area contributed by atoms with Crippen molar-refractivity contribution < 1.29 is 4.79 Å². The van der Waals surface area contributed by atoms with Crippen LogP contribution in [0, 0.1) is 5.41 Å². The Bertz CT molecular complexity index is 514. The molecule has 0 aromatic rings. The molecule has 1 fully saturated rings. The molecule has 4 nitrogen and oxygen atoms in total. The van der Waals surface area contributed by atoms with Gasteiger partial charge >= 0.3 is 0 Å². The summed E-state index contributed by atoms with van der Waals surface area (Å²) in [5.41, 5.74) is 8.54. The molecule has 1 amide bonds. The van der Waals surface area contributed by atoms with Gasteiger partial charge in [-0.1, -0.05) is 25.5 Å². The Balaban J connectivity index is 1.99. The zero-order valence-electron chi connectivity index (χ0n) is 13.9. The molecule has 5 heteroatoms. The molecular formula is C17H27N3OS. The molecule has 122 valence electrons. The maximum atomic E-state index is 12.4. The Kier molecular flexibility index (Phi) is 5.27. The lowest BCUT2D eigenvalue weighted by Gasteiger charge is -2.35. The second-order valence-corrected chi connectivity index (χ2v) is 7.33. The number of allylic oxidation sites excluding steroid dienone is 3. The van der Waals surface area contributed by atoms with E-state index >= 15 is 0 Å². The fourth-order valence-corrected chi connectivity index (χ4v) is 3.60. The van der Waals surface area contributed by atoms with Crippen molar-refractivity contribution >= 4 is 23.2 Å². The van der Waals surface area contributed by atoms with Crippen LogP contribution >= 0.6 is 12.2 Å². The van der Waals surface area contributed by atoms with Crippen molar-refractivity contribution in [3.8, 4) is 0 Å². The van der Waals surface area contributed by atoms with Crippen LogP contribution in [-0.4, -0.2) is 47.0 Å². The van der Waals surface area contributed by atoms with Crippen LogP contribution in [0.2, 0.25) is 0 Å². The third kappa shape index (κ3) is 3.88. The van der Waals surface area contributed by atoms with Gasteiger partial charge in [-0.2, -0.15) is 0 Å². The van der Waals surface area contributed by atoms with Crippen molar-refractivity contribution in [1.29, 1.82) is 0 Å². The van der Waals surface area contributed by atoms with Crippen LogP contribution in [0.25, 0.3) is 0 Å². The summed E-state index contributed by atoms with van der Waals surface area (Å²) in [7, 11) is 0. The first-order chi connectivity index (χ1) is 10.3. The van der Waals surface area contributed by atoms with Gasteiger partial charge in [-0.05, 0) is 49.4 Å². The van der Waals surface area contributed by atoms with E-state index < -0.39 is 0 Å². The van der Waals surface area contributed by atoms with Crippen molar-refractivity contribution in [3.63, 3.8) is 0 Å². The molecule has 22 heavy (non-hydrogen) atoms. The van der Waals surface area contributed by atoms with Gasteiger partial charge in [-0.3, -0.25) is 4.79 Å². The van der Waals surface area contributed by atoms with Crippen LogP contribution in [0.15, 0.2) is 23.3 Å². The van der Waals surface area contributed by atoms with E-state index in [1.807, 2.05) is 15.9 Å². The van der Waals surface area contributed by atoms with E-state index in [9.17, 15) is 4.79 Å². The maximum absolute atomic E-state index is 12.4. The first-order valence-electron chi connectivity index (χ1n) is 8.03. The van der Waals surface area contributed by atoms with Crippen LogP contribution < -0.4 is 5.73 Å². The largest absolute Gasteiger partial charge is 0.376 e. The molecule has 0 bridgehead atoms. The lowest BCUT2D eigenvalue weighted by molar-refractivity contribution is -0.127. The molecule has 0 radical (unpaired) electrons. The average molecular weight is 321 g/mol. The zero-order valence-corrected chi connectivity index (χ0v) is 14.7. The second-order valence-electron chi connectivity index (χ2n) is 6.92. The summed E-state index contributed by atoms with van der Waals surface area (Å²) in [6, 6.07) is 0. The molecule has 1 heterocycles. The molecule has 0 saturated carbocycles. The summed E-state index contributed by atoms with van der Waals surface area (Å²) < 4.78 is 0. The minimum atomic E-state index is 0.0873. The first kappa shape index (κ1) is 17.0. The van der Waals surface area contributed by atoms with Gasteiger partial charge in [-0.15, -0.1) is 0 Å². The topological polar surface area (TPSA) is 49.6 Å². The Hall–Kier alpha value is -1.36. The Morgan fingerprint density at radius 1 is 1.23 bits per heavy atom. The van der Waals surface area contributed by atoms with Crippen molar-refractivity contribution in [2.45, 2.75) is 40.0 Å². The summed E-state index contributed by atoms with van der Waals surface area (Å²) in [5, 5.41) is 0.423. The van der Waals surface area contributed by atoms with Crippen LogP contribution in [0.3, 0.4) is 0 Å². The number of nitrogens with two attached hydrogens (primary N) is 1. The van der Waals surface area contributed by atoms with E-state index in [0.29, 0.717) is 18.2 Å². The summed E-state index contributed by atoms with van der Waals surface area (Å²) in [6.45, 7) is 9.53. The molecule has 0 aromatic heterocycles. The van der Waals surface area contributed by atoms with Crippen LogP contribution in [0.1, 0.15) is 40.0 Å². The van der Waals surface area contributed by atoms with Gasteiger partial charge in [0.15, 0.2) is 5.11 Å². The Labute approximate surface area is 139 Å². The highest BCUT2D eigenvalue weighted by molar-refractivity contribution is 7.80. The highest BCUT2D eigenvalue weighted by Gasteiger charge is 2.27. The smallest absolute Gasteiger partial charge is 0.246 e. The molecular weight excluding hydrogens is 294 g/mol. The fourth-order valence-electron chi connectivity index (χ4n) is 3.42. The standard InChI is InChI=1S/C17H27N3OS/c1-13-5-4-8-17(2,3)14(13)6-7-15(21)19-9-11-20(12-10-19)16(18)22/h6-7H,4-5,8-12H2,1-3H3,(H2,18,22). The normalized spacial score (nSPS) is 22.3. The summed E-state index contributed by atoms with van der Waals surface area (Å²) >= 11 is 4.97. The number of hydrogen-bond acceptors (Lipinski definition) is 2. The van der Waals surface area contributed by atoms with Crippen LogP contribution in [-0.2, 0) is 4.79 Å². The van der Waals surface area contributed by atoms with Gasteiger partial charge in [0.25, 0.3) is 0 Å². The van der Waals surface area contributed by atoms with Gasteiger partial charge in [-0.25, -0.2) is 0 Å². The number of carbonyl (C=O) groups is 1. The van der Waals surface area contributed by atoms with E-state index in [-0.39, 0.29) is 11.3 Å². The van der Waals surface area contributed by atoms with Gasteiger partial charge in [0.1, 0.15) is 0 Å². The monoisotopic (exact) mass is 321 g/mol. The Morgan fingerprint density at radius 2 is 1.82 bits per heavy atom. The highest BCUT2D eigenvalue weighted by Crippen LogP contribution is 2.40. The zero-order chi connectivity index (χ0) is 16.3. The third-order valence-corrected chi connectivity index (χ3v) is 5.10. The van der Waals surface area contributed by atoms with Crippen molar-refractivity contribution in [3.05, 3.63) is 23.3 Å². The number of thiocarbonyl (C=S) groups is 1. The summed E-state index contributed by atoms with van der Waals surface area (Å²) in [4.78, 5) is 16.2. The number of piperazine rings is 1. The molecule has 0 unspecified atom stereocenters. The summed E-state index contributed by atoms with van der Waals surface area (Å²) in [6.07, 6.45) is 7.35. The van der Waals surface area contributed by atoms with Crippen molar-refractivity contribution in [2.24, 2.45) is 11.1 Å². The molecule has 0 atom stereocenters. The van der Waals surface area contributed by atoms with Gasteiger partial charge in [0.05, 0.1) is 0 Å². The molecule has 1 saturated heterocycles. The van der Waals surface area contributed by atoms with E-state index in [1.165, 1.54) is 24.0 Å². The molecule has 2 aliphatic rings.